The zero-order chi connectivity index (χ0) is 16.0. The third kappa shape index (κ3) is 2.51. The highest BCUT2D eigenvalue weighted by Crippen LogP contribution is 2.27. The Bertz CT molecular complexity index is 957. The van der Waals surface area contributed by atoms with Crippen molar-refractivity contribution in [3.63, 3.8) is 0 Å². The van der Waals surface area contributed by atoms with Gasteiger partial charge in [-0.15, -0.1) is 0 Å². The fourth-order valence-electron chi connectivity index (χ4n) is 2.58. The smallest absolute Gasteiger partial charge is 0.156 e. The number of nitrogens with one attached hydrogen (secondary N) is 2. The topological polar surface area (TPSA) is 57.4 Å². The van der Waals surface area contributed by atoms with Crippen LogP contribution in [0.15, 0.2) is 42.5 Å². The zero-order valence-electron chi connectivity index (χ0n) is 12.8. The number of H-pyrrole nitrogens is 2. The molecule has 4 rings (SSSR count). The third-order valence-electron chi connectivity index (χ3n) is 3.94. The molecule has 0 saturated carbocycles. The molecule has 2 heterocycles. The van der Waals surface area contributed by atoms with Crippen LogP contribution in [0, 0.1) is 13.8 Å². The summed E-state index contributed by atoms with van der Waals surface area (Å²) in [6.07, 6.45) is 0. The summed E-state index contributed by atoms with van der Waals surface area (Å²) in [6, 6.07) is 14.2. The maximum Gasteiger partial charge on any atom is 0.156 e. The van der Waals surface area contributed by atoms with E-state index in [9.17, 15) is 0 Å². The lowest BCUT2D eigenvalue weighted by Crippen LogP contribution is -1.79. The van der Waals surface area contributed by atoms with Crippen LogP contribution in [0.5, 0.6) is 0 Å². The average Bonchev–Trinajstić information content (AvgIpc) is 3.15. The van der Waals surface area contributed by atoms with Gasteiger partial charge in [0.05, 0.1) is 16.7 Å². The van der Waals surface area contributed by atoms with Crippen molar-refractivity contribution >= 4 is 22.6 Å². The van der Waals surface area contributed by atoms with Crippen molar-refractivity contribution in [2.24, 2.45) is 0 Å². The molecule has 0 aliphatic heterocycles. The van der Waals surface area contributed by atoms with E-state index in [-0.39, 0.29) is 0 Å². The van der Waals surface area contributed by atoms with Gasteiger partial charge in [-0.1, -0.05) is 41.4 Å². The lowest BCUT2D eigenvalue weighted by atomic mass is 10.1. The van der Waals surface area contributed by atoms with Crippen molar-refractivity contribution < 1.29 is 0 Å². The monoisotopic (exact) mass is 322 g/mol. The predicted molar refractivity (Wildman–Crippen MR) is 93.6 cm³/mol. The zero-order valence-corrected chi connectivity index (χ0v) is 13.6. The van der Waals surface area contributed by atoms with E-state index in [0.29, 0.717) is 0 Å². The van der Waals surface area contributed by atoms with Gasteiger partial charge in [0, 0.05) is 10.6 Å². The van der Waals surface area contributed by atoms with Crippen LogP contribution in [0.1, 0.15) is 11.1 Å². The van der Waals surface area contributed by atoms with E-state index in [2.05, 4.69) is 51.4 Å². The minimum atomic E-state index is 0.723. The first kappa shape index (κ1) is 14.0. The quantitative estimate of drug-likeness (QED) is 0.552. The third-order valence-corrected chi connectivity index (χ3v) is 4.35. The maximum absolute atomic E-state index is 6.17. The Morgan fingerprint density at radius 3 is 2.57 bits per heavy atom. The van der Waals surface area contributed by atoms with Crippen molar-refractivity contribution in [3.8, 4) is 22.8 Å². The molecule has 23 heavy (non-hydrogen) atoms. The first-order valence-electron chi connectivity index (χ1n) is 7.39. The minimum absolute atomic E-state index is 0.723. The van der Waals surface area contributed by atoms with Crippen molar-refractivity contribution in [2.75, 3.05) is 0 Å². The summed E-state index contributed by atoms with van der Waals surface area (Å²) >= 11 is 6.17. The van der Waals surface area contributed by atoms with E-state index < -0.39 is 0 Å². The van der Waals surface area contributed by atoms with Gasteiger partial charge in [0.15, 0.2) is 5.82 Å². The number of halogens is 1. The van der Waals surface area contributed by atoms with Crippen molar-refractivity contribution in [1.29, 1.82) is 0 Å². The second kappa shape index (κ2) is 5.25. The van der Waals surface area contributed by atoms with Crippen LogP contribution < -0.4 is 0 Å². The largest absolute Gasteiger partial charge is 0.337 e. The number of imidazole rings is 1. The van der Waals surface area contributed by atoms with Gasteiger partial charge in [-0.2, -0.15) is 5.10 Å². The molecule has 0 atom stereocenters. The Morgan fingerprint density at radius 2 is 1.78 bits per heavy atom. The Morgan fingerprint density at radius 1 is 1.00 bits per heavy atom. The second-order valence-corrected chi connectivity index (χ2v) is 6.14. The number of aromatic nitrogens is 4. The van der Waals surface area contributed by atoms with E-state index in [1.54, 1.807) is 0 Å². The van der Waals surface area contributed by atoms with E-state index in [0.717, 1.165) is 44.4 Å². The Labute approximate surface area is 138 Å². The molecule has 2 N–H and O–H groups in total. The Hall–Kier alpha value is -2.59. The summed E-state index contributed by atoms with van der Waals surface area (Å²) in [5, 5.41) is 8.16. The molecule has 4 aromatic rings. The van der Waals surface area contributed by atoms with Gasteiger partial charge in [0.2, 0.25) is 0 Å². The molecule has 0 fully saturated rings. The van der Waals surface area contributed by atoms with E-state index >= 15 is 0 Å². The molecule has 4 nitrogen and oxygen atoms in total. The van der Waals surface area contributed by atoms with Crippen LogP contribution in [0.2, 0.25) is 5.02 Å². The van der Waals surface area contributed by atoms with Gasteiger partial charge >= 0.3 is 0 Å². The van der Waals surface area contributed by atoms with Crippen LogP contribution in [-0.2, 0) is 0 Å². The van der Waals surface area contributed by atoms with E-state index in [4.69, 9.17) is 11.6 Å². The predicted octanol–water partition coefficient (Wildman–Crippen LogP) is 4.89. The van der Waals surface area contributed by atoms with Gasteiger partial charge in [-0.3, -0.25) is 5.10 Å². The molecule has 0 saturated heterocycles. The summed E-state index contributed by atoms with van der Waals surface area (Å²) in [5.74, 6) is 0.757. The fourth-order valence-corrected chi connectivity index (χ4v) is 2.74. The van der Waals surface area contributed by atoms with Crippen LogP contribution in [0.25, 0.3) is 33.8 Å². The van der Waals surface area contributed by atoms with Crippen LogP contribution in [-0.4, -0.2) is 20.2 Å². The Kier molecular flexibility index (Phi) is 3.20. The van der Waals surface area contributed by atoms with E-state index in [1.807, 2.05) is 25.1 Å². The van der Waals surface area contributed by atoms with Gasteiger partial charge in [-0.25, -0.2) is 4.98 Å². The number of fused-ring (bicyclic) bond motifs is 1. The van der Waals surface area contributed by atoms with Crippen LogP contribution >= 0.6 is 11.6 Å². The molecular weight excluding hydrogens is 308 g/mol. The molecule has 0 amide bonds. The Balaban J connectivity index is 1.75. The molecule has 2 aromatic carbocycles. The van der Waals surface area contributed by atoms with Crippen molar-refractivity contribution in [2.45, 2.75) is 13.8 Å². The highest BCUT2D eigenvalue weighted by atomic mass is 35.5. The lowest BCUT2D eigenvalue weighted by Gasteiger charge is -1.96. The molecule has 0 bridgehead atoms. The summed E-state index contributed by atoms with van der Waals surface area (Å²) in [4.78, 5) is 7.91. The van der Waals surface area contributed by atoms with Gasteiger partial charge in [0.25, 0.3) is 0 Å². The highest BCUT2D eigenvalue weighted by molar-refractivity contribution is 6.32. The molecule has 5 heteroatoms. The lowest BCUT2D eigenvalue weighted by molar-refractivity contribution is 1.08. The second-order valence-electron chi connectivity index (χ2n) is 5.74. The van der Waals surface area contributed by atoms with E-state index in [1.165, 1.54) is 5.56 Å². The van der Waals surface area contributed by atoms with Gasteiger partial charge in [-0.05, 0) is 37.6 Å². The first-order valence-corrected chi connectivity index (χ1v) is 7.76. The molecular formula is C18H15ClN4. The van der Waals surface area contributed by atoms with Crippen LogP contribution in [0.3, 0.4) is 0 Å². The molecule has 0 aliphatic carbocycles. The van der Waals surface area contributed by atoms with Gasteiger partial charge < -0.3 is 4.98 Å². The summed E-state index contributed by atoms with van der Waals surface area (Å²) in [6.45, 7) is 4.05. The molecule has 2 aromatic heterocycles. The number of nitrogens with zero attached hydrogens (tertiary/aromatic N) is 2. The molecule has 0 aliphatic rings. The number of aromatic amines is 2. The normalized spacial score (nSPS) is 11.3. The summed E-state index contributed by atoms with van der Waals surface area (Å²) in [7, 11) is 0. The van der Waals surface area contributed by atoms with Crippen molar-refractivity contribution in [1.82, 2.24) is 20.2 Å². The van der Waals surface area contributed by atoms with Gasteiger partial charge in [0.1, 0.15) is 5.69 Å². The number of aryl methyl sites for hydroxylation is 2. The number of rotatable bonds is 2. The molecule has 0 radical (unpaired) electrons. The SMILES string of the molecule is Cc1ccc(-c2cc(-c3nc4cc(Cl)c(C)cc4[nH]3)[nH]n2)cc1. The van der Waals surface area contributed by atoms with Crippen molar-refractivity contribution in [3.05, 3.63) is 58.6 Å². The fraction of sp³-hybridized carbons (Fsp3) is 0.111. The van der Waals surface area contributed by atoms with Crippen LogP contribution in [0.4, 0.5) is 0 Å². The standard InChI is InChI=1S/C18H15ClN4/c1-10-3-5-12(6-4-10)14-9-17(23-22-14)18-20-15-7-11(2)13(19)8-16(15)21-18/h3-9H,1-2H3,(H,20,21)(H,22,23). The number of hydrogen-bond donors (Lipinski definition) is 2. The molecule has 0 spiro atoms. The molecule has 0 unspecified atom stereocenters. The summed E-state index contributed by atoms with van der Waals surface area (Å²) in [5.41, 5.74) is 6.90. The maximum atomic E-state index is 6.17. The number of hydrogen-bond acceptors (Lipinski definition) is 2. The highest BCUT2D eigenvalue weighted by Gasteiger charge is 2.11. The summed E-state index contributed by atoms with van der Waals surface area (Å²) < 4.78 is 0. The number of benzene rings is 2. The average molecular weight is 323 g/mol. The minimum Gasteiger partial charge on any atom is -0.337 e. The first-order chi connectivity index (χ1) is 11.1. The molecule has 114 valence electrons.